The van der Waals surface area contributed by atoms with Crippen LogP contribution in [0.1, 0.15) is 15.9 Å². The number of non-ortho nitro benzene ring substituents is 1. The molecule has 1 atom stereocenters. The molecule has 0 aliphatic carbocycles. The van der Waals surface area contributed by atoms with Gasteiger partial charge in [-0.2, -0.15) is 0 Å². The van der Waals surface area contributed by atoms with E-state index in [1.165, 1.54) is 42.3 Å². The van der Waals surface area contributed by atoms with Crippen molar-refractivity contribution in [3.8, 4) is 5.75 Å². The Hall–Kier alpha value is -4.05. The molecule has 0 unspecified atom stereocenters. The molecule has 0 fully saturated rings. The molecule has 3 aromatic rings. The lowest BCUT2D eigenvalue weighted by Gasteiger charge is -2.29. The van der Waals surface area contributed by atoms with E-state index >= 15 is 0 Å². The number of ether oxygens (including phenoxy) is 1. The van der Waals surface area contributed by atoms with Gasteiger partial charge in [0.05, 0.1) is 45.6 Å². The monoisotopic (exact) mass is 465 g/mol. The molecule has 33 heavy (non-hydrogen) atoms. The quantitative estimate of drug-likeness (QED) is 0.440. The second-order valence-electron chi connectivity index (χ2n) is 7.23. The predicted molar refractivity (Wildman–Crippen MR) is 123 cm³/mol. The van der Waals surface area contributed by atoms with Gasteiger partial charge < -0.3 is 15.0 Å². The van der Waals surface area contributed by atoms with Crippen LogP contribution in [0.4, 0.5) is 17.1 Å². The maximum Gasteiger partial charge on any atom is 0.271 e. The number of carbonyl (C=O) groups excluding carboxylic acids is 2. The lowest BCUT2D eigenvalue weighted by atomic mass is 10.1. The van der Waals surface area contributed by atoms with E-state index in [0.29, 0.717) is 10.6 Å². The zero-order valence-corrected chi connectivity index (χ0v) is 18.3. The van der Waals surface area contributed by atoms with Crippen LogP contribution in [0.5, 0.6) is 5.75 Å². The smallest absolute Gasteiger partial charge is 0.271 e. The van der Waals surface area contributed by atoms with E-state index in [-0.39, 0.29) is 40.9 Å². The normalized spacial score (nSPS) is 15.0. The molecular formula is C23H19N3O6S. The third-order valence-electron chi connectivity index (χ3n) is 5.14. The Morgan fingerprint density at radius 1 is 1.15 bits per heavy atom. The number of nitro benzene ring substituents is 1. The summed E-state index contributed by atoms with van der Waals surface area (Å²) in [4.78, 5) is 38.1. The highest BCUT2D eigenvalue weighted by molar-refractivity contribution is 7.86. The molecule has 0 radical (unpaired) electrons. The Labute approximate surface area is 191 Å². The molecule has 4 rings (SSSR count). The van der Waals surface area contributed by atoms with Gasteiger partial charge in [0, 0.05) is 17.7 Å². The molecular weight excluding hydrogens is 446 g/mol. The van der Waals surface area contributed by atoms with Crippen LogP contribution in [0.3, 0.4) is 0 Å². The van der Waals surface area contributed by atoms with Gasteiger partial charge in [-0.25, -0.2) is 0 Å². The first-order chi connectivity index (χ1) is 15.9. The van der Waals surface area contributed by atoms with Crippen molar-refractivity contribution < 1.29 is 23.5 Å². The van der Waals surface area contributed by atoms with Crippen molar-refractivity contribution in [1.82, 2.24) is 0 Å². The number of fused-ring (bicyclic) bond motifs is 1. The Morgan fingerprint density at radius 2 is 1.91 bits per heavy atom. The number of carbonyl (C=O) groups is 2. The fourth-order valence-corrected chi connectivity index (χ4v) is 4.66. The number of benzene rings is 3. The SMILES string of the molecule is COc1ccc([N+](=O)[O-])cc1NC(=O)c1ccc2c(c1)N(Cc1ccccc1)C(=O)C[S@]2=O. The molecule has 0 aromatic heterocycles. The first-order valence-electron chi connectivity index (χ1n) is 9.88. The average Bonchev–Trinajstić information content (AvgIpc) is 2.82. The zero-order valence-electron chi connectivity index (χ0n) is 17.5. The highest BCUT2D eigenvalue weighted by Crippen LogP contribution is 2.33. The standard InChI is InChI=1S/C23H19N3O6S/c1-32-20-9-8-17(26(29)30)12-18(20)24-23(28)16-7-10-21-19(11-16)25(22(27)14-33(21)31)13-15-5-3-2-4-6-15/h2-12H,13-14H2,1H3,(H,24,28)/t33-/m1/s1. The Kier molecular flexibility index (Phi) is 6.18. The van der Waals surface area contributed by atoms with Crippen molar-refractivity contribution in [2.24, 2.45) is 0 Å². The number of rotatable bonds is 6. The van der Waals surface area contributed by atoms with Gasteiger partial charge in [-0.15, -0.1) is 0 Å². The molecule has 3 aromatic carbocycles. The van der Waals surface area contributed by atoms with Gasteiger partial charge in [0.15, 0.2) is 0 Å². The minimum absolute atomic E-state index is 0.129. The number of nitro groups is 1. The van der Waals surface area contributed by atoms with Crippen molar-refractivity contribution in [3.05, 3.63) is 88.0 Å². The number of anilines is 2. The summed E-state index contributed by atoms with van der Waals surface area (Å²) in [5.74, 6) is -0.729. The summed E-state index contributed by atoms with van der Waals surface area (Å²) in [6.45, 7) is 0.271. The lowest BCUT2D eigenvalue weighted by Crippen LogP contribution is -2.38. The van der Waals surface area contributed by atoms with Crippen LogP contribution in [0.2, 0.25) is 0 Å². The molecule has 2 amide bonds. The molecule has 0 spiro atoms. The number of nitrogens with zero attached hydrogens (tertiary/aromatic N) is 2. The second-order valence-corrected chi connectivity index (χ2v) is 8.65. The molecule has 1 heterocycles. The van der Waals surface area contributed by atoms with Gasteiger partial charge in [0.1, 0.15) is 11.5 Å². The number of nitrogens with one attached hydrogen (secondary N) is 1. The summed E-state index contributed by atoms with van der Waals surface area (Å²) in [7, 11) is -0.128. The predicted octanol–water partition coefficient (Wildman–Crippen LogP) is 3.51. The molecule has 0 bridgehead atoms. The van der Waals surface area contributed by atoms with Crippen LogP contribution >= 0.6 is 0 Å². The van der Waals surface area contributed by atoms with E-state index in [1.807, 2.05) is 30.3 Å². The maximum atomic E-state index is 13.0. The minimum atomic E-state index is -1.51. The van der Waals surface area contributed by atoms with Gasteiger partial charge in [-0.3, -0.25) is 23.9 Å². The van der Waals surface area contributed by atoms with Crippen molar-refractivity contribution >= 4 is 39.7 Å². The summed E-state index contributed by atoms with van der Waals surface area (Å²) >= 11 is 0. The fourth-order valence-electron chi connectivity index (χ4n) is 3.51. The van der Waals surface area contributed by atoms with Gasteiger partial charge in [0.2, 0.25) is 5.91 Å². The summed E-state index contributed by atoms with van der Waals surface area (Å²) in [6, 6.07) is 17.8. The molecule has 9 nitrogen and oxygen atoms in total. The zero-order chi connectivity index (χ0) is 23.5. The lowest BCUT2D eigenvalue weighted by molar-refractivity contribution is -0.384. The van der Waals surface area contributed by atoms with Crippen molar-refractivity contribution in [2.45, 2.75) is 11.4 Å². The van der Waals surface area contributed by atoms with E-state index in [2.05, 4.69) is 5.32 Å². The molecule has 0 saturated carbocycles. The second kappa shape index (κ2) is 9.21. The van der Waals surface area contributed by atoms with Crippen LogP contribution in [-0.4, -0.2) is 33.8 Å². The molecule has 168 valence electrons. The molecule has 1 N–H and O–H groups in total. The van der Waals surface area contributed by atoms with Crippen molar-refractivity contribution in [3.63, 3.8) is 0 Å². The van der Waals surface area contributed by atoms with E-state index in [4.69, 9.17) is 4.74 Å². The third-order valence-corrected chi connectivity index (χ3v) is 6.48. The molecule has 1 aliphatic heterocycles. The fraction of sp³-hybridized carbons (Fsp3) is 0.130. The van der Waals surface area contributed by atoms with Crippen LogP contribution < -0.4 is 15.0 Å². The first-order valence-corrected chi connectivity index (χ1v) is 11.2. The molecule has 10 heteroatoms. The van der Waals surface area contributed by atoms with Crippen molar-refractivity contribution in [1.29, 1.82) is 0 Å². The average molecular weight is 465 g/mol. The van der Waals surface area contributed by atoms with Crippen LogP contribution in [0.25, 0.3) is 0 Å². The van der Waals surface area contributed by atoms with E-state index in [0.717, 1.165) is 5.56 Å². The largest absolute Gasteiger partial charge is 0.495 e. The Bertz CT molecular complexity index is 1280. The van der Waals surface area contributed by atoms with Crippen molar-refractivity contribution in [2.75, 3.05) is 23.1 Å². The van der Waals surface area contributed by atoms with Gasteiger partial charge >= 0.3 is 0 Å². The first kappa shape index (κ1) is 22.2. The van der Waals surface area contributed by atoms with Gasteiger partial charge in [-0.05, 0) is 29.8 Å². The number of amides is 2. The van der Waals surface area contributed by atoms with Crippen LogP contribution in [-0.2, 0) is 22.1 Å². The highest BCUT2D eigenvalue weighted by atomic mass is 32.2. The molecule has 0 saturated heterocycles. The van der Waals surface area contributed by atoms with Gasteiger partial charge in [-0.1, -0.05) is 30.3 Å². The summed E-state index contributed by atoms with van der Waals surface area (Å²) in [5, 5.41) is 13.7. The Morgan fingerprint density at radius 3 is 2.61 bits per heavy atom. The topological polar surface area (TPSA) is 119 Å². The van der Waals surface area contributed by atoms with E-state index in [1.54, 1.807) is 6.07 Å². The number of methoxy groups -OCH3 is 1. The molecule has 1 aliphatic rings. The summed E-state index contributed by atoms with van der Waals surface area (Å²) in [5.41, 5.74) is 1.42. The van der Waals surface area contributed by atoms with Gasteiger partial charge in [0.25, 0.3) is 11.6 Å². The van der Waals surface area contributed by atoms with E-state index < -0.39 is 21.6 Å². The Balaban J connectivity index is 1.67. The highest BCUT2D eigenvalue weighted by Gasteiger charge is 2.30. The van der Waals surface area contributed by atoms with E-state index in [9.17, 15) is 23.9 Å². The number of hydrogen-bond acceptors (Lipinski definition) is 6. The summed E-state index contributed by atoms with van der Waals surface area (Å²) in [6.07, 6.45) is 0. The van der Waals surface area contributed by atoms with Crippen LogP contribution in [0.15, 0.2) is 71.6 Å². The maximum absolute atomic E-state index is 13.0. The number of hydrogen-bond donors (Lipinski definition) is 1. The third kappa shape index (κ3) is 4.60. The van der Waals surface area contributed by atoms with Crippen LogP contribution in [0, 0.1) is 10.1 Å². The minimum Gasteiger partial charge on any atom is -0.495 e. The summed E-state index contributed by atoms with van der Waals surface area (Å²) < 4.78 is 17.7.